The average molecular weight is 279 g/mol. The van der Waals surface area contributed by atoms with Crippen LogP contribution in [0.25, 0.3) is 0 Å². The van der Waals surface area contributed by atoms with Gasteiger partial charge in [0.1, 0.15) is 0 Å². The fraction of sp³-hybridized carbons (Fsp3) is 0.333. The molecule has 0 aliphatic rings. The number of hydrogen-bond donors (Lipinski definition) is 0. The second-order valence-corrected chi connectivity index (χ2v) is 5.34. The van der Waals surface area contributed by atoms with Crippen molar-refractivity contribution in [2.45, 2.75) is 39.4 Å². The SMILES string of the molecule is CC[C@H](C)N(Cc1cccnc1)Cc1cccc(C#N)c1. The number of rotatable bonds is 6. The van der Waals surface area contributed by atoms with E-state index in [1.54, 1.807) is 6.20 Å². The molecule has 21 heavy (non-hydrogen) atoms. The molecule has 0 spiro atoms. The maximum absolute atomic E-state index is 9.01. The van der Waals surface area contributed by atoms with Crippen LogP contribution in [0.4, 0.5) is 0 Å². The van der Waals surface area contributed by atoms with Crippen LogP contribution in [0.3, 0.4) is 0 Å². The van der Waals surface area contributed by atoms with Crippen LogP contribution in [0.15, 0.2) is 48.8 Å². The van der Waals surface area contributed by atoms with Crippen molar-refractivity contribution in [1.29, 1.82) is 5.26 Å². The van der Waals surface area contributed by atoms with Crippen molar-refractivity contribution < 1.29 is 0 Å². The van der Waals surface area contributed by atoms with Gasteiger partial charge in [0.05, 0.1) is 11.6 Å². The summed E-state index contributed by atoms with van der Waals surface area (Å²) >= 11 is 0. The standard InChI is InChI=1S/C18H21N3/c1-3-15(2)21(14-18-8-5-9-20-12-18)13-17-7-4-6-16(10-17)11-19/h4-10,12,15H,3,13-14H2,1-2H3/t15-/m0/s1. The minimum Gasteiger partial charge on any atom is -0.292 e. The van der Waals surface area contributed by atoms with Gasteiger partial charge < -0.3 is 0 Å². The first kappa shape index (κ1) is 15.2. The van der Waals surface area contributed by atoms with Crippen molar-refractivity contribution in [3.63, 3.8) is 0 Å². The maximum Gasteiger partial charge on any atom is 0.0991 e. The Hall–Kier alpha value is -2.18. The molecular formula is C18H21N3. The lowest BCUT2D eigenvalue weighted by Gasteiger charge is -2.28. The second kappa shape index (κ2) is 7.56. The lowest BCUT2D eigenvalue weighted by atomic mass is 10.1. The van der Waals surface area contributed by atoms with Crippen LogP contribution in [0.1, 0.15) is 37.0 Å². The molecule has 3 heteroatoms. The third-order valence-electron chi connectivity index (χ3n) is 3.76. The van der Waals surface area contributed by atoms with E-state index >= 15 is 0 Å². The van der Waals surface area contributed by atoms with E-state index in [9.17, 15) is 0 Å². The van der Waals surface area contributed by atoms with Gasteiger partial charge >= 0.3 is 0 Å². The highest BCUT2D eigenvalue weighted by Crippen LogP contribution is 2.15. The summed E-state index contributed by atoms with van der Waals surface area (Å²) in [5.74, 6) is 0. The van der Waals surface area contributed by atoms with Crippen molar-refractivity contribution >= 4 is 0 Å². The molecule has 0 radical (unpaired) electrons. The van der Waals surface area contributed by atoms with E-state index in [1.165, 1.54) is 11.1 Å². The summed E-state index contributed by atoms with van der Waals surface area (Å²) < 4.78 is 0. The summed E-state index contributed by atoms with van der Waals surface area (Å²) in [5, 5.41) is 9.01. The van der Waals surface area contributed by atoms with Crippen LogP contribution in [0, 0.1) is 11.3 Å². The van der Waals surface area contributed by atoms with Crippen LogP contribution < -0.4 is 0 Å². The molecule has 3 nitrogen and oxygen atoms in total. The minimum atomic E-state index is 0.482. The lowest BCUT2D eigenvalue weighted by molar-refractivity contribution is 0.186. The fourth-order valence-corrected chi connectivity index (χ4v) is 2.33. The third kappa shape index (κ3) is 4.40. The van der Waals surface area contributed by atoms with Crippen molar-refractivity contribution in [2.75, 3.05) is 0 Å². The summed E-state index contributed by atoms with van der Waals surface area (Å²) in [7, 11) is 0. The van der Waals surface area contributed by atoms with Gasteiger partial charge in [0.2, 0.25) is 0 Å². The van der Waals surface area contributed by atoms with Crippen LogP contribution >= 0.6 is 0 Å². The lowest BCUT2D eigenvalue weighted by Crippen LogP contribution is -2.31. The number of aromatic nitrogens is 1. The van der Waals surface area contributed by atoms with Gasteiger partial charge in [-0.05, 0) is 42.7 Å². The van der Waals surface area contributed by atoms with Crippen molar-refractivity contribution in [3.05, 3.63) is 65.5 Å². The average Bonchev–Trinajstić information content (AvgIpc) is 2.54. The molecule has 0 bridgehead atoms. The molecule has 0 aliphatic carbocycles. The highest BCUT2D eigenvalue weighted by molar-refractivity contribution is 5.32. The first-order valence-corrected chi connectivity index (χ1v) is 7.35. The fourth-order valence-electron chi connectivity index (χ4n) is 2.33. The van der Waals surface area contributed by atoms with E-state index in [2.05, 4.69) is 41.9 Å². The Morgan fingerprint density at radius 2 is 1.95 bits per heavy atom. The number of nitrogens with zero attached hydrogens (tertiary/aromatic N) is 3. The number of benzene rings is 1. The molecule has 0 fully saturated rings. The Balaban J connectivity index is 2.14. The van der Waals surface area contributed by atoms with E-state index in [4.69, 9.17) is 5.26 Å². The van der Waals surface area contributed by atoms with Crippen LogP contribution in [0.2, 0.25) is 0 Å². The Kier molecular flexibility index (Phi) is 5.48. The molecule has 1 aromatic carbocycles. The molecule has 0 saturated carbocycles. The zero-order chi connectivity index (χ0) is 15.1. The van der Waals surface area contributed by atoms with Gasteiger partial charge in [-0.15, -0.1) is 0 Å². The van der Waals surface area contributed by atoms with Gasteiger partial charge in [0.25, 0.3) is 0 Å². The zero-order valence-corrected chi connectivity index (χ0v) is 12.7. The quantitative estimate of drug-likeness (QED) is 0.808. The van der Waals surface area contributed by atoms with E-state index in [1.807, 2.05) is 30.5 Å². The van der Waals surface area contributed by atoms with Gasteiger partial charge in [-0.1, -0.05) is 25.1 Å². The van der Waals surface area contributed by atoms with Crippen LogP contribution in [0.5, 0.6) is 0 Å². The summed E-state index contributed by atoms with van der Waals surface area (Å²) in [6.07, 6.45) is 4.81. The molecule has 2 rings (SSSR count). The van der Waals surface area contributed by atoms with E-state index < -0.39 is 0 Å². The molecule has 0 N–H and O–H groups in total. The smallest absolute Gasteiger partial charge is 0.0991 e. The van der Waals surface area contributed by atoms with Gasteiger partial charge in [-0.2, -0.15) is 5.26 Å². The summed E-state index contributed by atoms with van der Waals surface area (Å²) in [5.41, 5.74) is 3.12. The predicted molar refractivity (Wildman–Crippen MR) is 84.4 cm³/mol. The Morgan fingerprint density at radius 3 is 2.62 bits per heavy atom. The van der Waals surface area contributed by atoms with Crippen molar-refractivity contribution in [2.24, 2.45) is 0 Å². The van der Waals surface area contributed by atoms with Crippen molar-refractivity contribution in [1.82, 2.24) is 9.88 Å². The molecule has 0 aliphatic heterocycles. The highest BCUT2D eigenvalue weighted by Gasteiger charge is 2.13. The Bertz CT molecular complexity index is 601. The molecule has 0 saturated heterocycles. The molecule has 0 unspecified atom stereocenters. The first-order chi connectivity index (χ1) is 10.2. The van der Waals surface area contributed by atoms with Gasteiger partial charge in [0, 0.05) is 31.5 Å². The van der Waals surface area contributed by atoms with E-state index in [0.29, 0.717) is 6.04 Å². The largest absolute Gasteiger partial charge is 0.292 e. The predicted octanol–water partition coefficient (Wildman–Crippen LogP) is 3.75. The molecule has 108 valence electrons. The molecule has 1 aromatic heterocycles. The van der Waals surface area contributed by atoms with Crippen molar-refractivity contribution in [3.8, 4) is 6.07 Å². The number of hydrogen-bond acceptors (Lipinski definition) is 3. The molecule has 1 atom stereocenters. The monoisotopic (exact) mass is 279 g/mol. The molecule has 2 aromatic rings. The van der Waals surface area contributed by atoms with Crippen LogP contribution in [-0.4, -0.2) is 15.9 Å². The number of nitriles is 1. The van der Waals surface area contributed by atoms with Crippen LogP contribution in [-0.2, 0) is 13.1 Å². The Morgan fingerprint density at radius 1 is 1.19 bits per heavy atom. The Labute approximate surface area is 126 Å². The summed E-state index contributed by atoms with van der Waals surface area (Å²) in [6.45, 7) is 6.16. The summed E-state index contributed by atoms with van der Waals surface area (Å²) in [4.78, 5) is 6.61. The topological polar surface area (TPSA) is 39.9 Å². The first-order valence-electron chi connectivity index (χ1n) is 7.35. The molecular weight excluding hydrogens is 258 g/mol. The number of pyridine rings is 1. The normalized spacial score (nSPS) is 12.1. The molecule has 1 heterocycles. The van der Waals surface area contributed by atoms with Gasteiger partial charge in [-0.25, -0.2) is 0 Å². The van der Waals surface area contributed by atoms with Gasteiger partial charge in [-0.3, -0.25) is 9.88 Å². The second-order valence-electron chi connectivity index (χ2n) is 5.34. The summed E-state index contributed by atoms with van der Waals surface area (Å²) in [6, 6.07) is 14.6. The molecule has 0 amide bonds. The third-order valence-corrected chi connectivity index (χ3v) is 3.76. The zero-order valence-electron chi connectivity index (χ0n) is 12.7. The maximum atomic E-state index is 9.01. The minimum absolute atomic E-state index is 0.482. The highest BCUT2D eigenvalue weighted by atomic mass is 15.1. The van der Waals surface area contributed by atoms with E-state index in [-0.39, 0.29) is 0 Å². The van der Waals surface area contributed by atoms with E-state index in [0.717, 1.165) is 25.1 Å². The van der Waals surface area contributed by atoms with Gasteiger partial charge in [0.15, 0.2) is 0 Å².